The van der Waals surface area contributed by atoms with Crippen LogP contribution in [0.4, 0.5) is 4.39 Å². The molecule has 0 saturated heterocycles. The maximum absolute atomic E-state index is 14.2. The maximum Gasteiger partial charge on any atom is 0.150 e. The second kappa shape index (κ2) is 4.66. The zero-order chi connectivity index (χ0) is 13.4. The summed E-state index contributed by atoms with van der Waals surface area (Å²) in [6.07, 6.45) is 1.94. The van der Waals surface area contributed by atoms with Crippen molar-refractivity contribution in [2.45, 2.75) is 11.8 Å². The average molecular weight is 273 g/mol. The molecular weight excluding hydrogens is 261 g/mol. The van der Waals surface area contributed by atoms with E-state index in [0.29, 0.717) is 5.69 Å². The molecule has 0 unspecified atom stereocenters. The summed E-state index contributed by atoms with van der Waals surface area (Å²) >= 11 is 1.53. The SMILES string of the molecule is CSc1cc(F)c(-n2nnc3ccccc32)cc1C. The summed E-state index contributed by atoms with van der Waals surface area (Å²) in [5, 5.41) is 8.09. The van der Waals surface area contributed by atoms with Crippen LogP contribution in [0.2, 0.25) is 0 Å². The molecule has 0 aliphatic rings. The van der Waals surface area contributed by atoms with Crippen LogP contribution >= 0.6 is 11.8 Å². The molecule has 0 bridgehead atoms. The van der Waals surface area contributed by atoms with Crippen LogP contribution in [0.25, 0.3) is 16.7 Å². The minimum Gasteiger partial charge on any atom is -0.210 e. The number of nitrogens with zero attached hydrogens (tertiary/aromatic N) is 3. The number of aryl methyl sites for hydroxylation is 1. The fourth-order valence-electron chi connectivity index (χ4n) is 2.08. The quantitative estimate of drug-likeness (QED) is 0.668. The van der Waals surface area contributed by atoms with Gasteiger partial charge in [0.1, 0.15) is 17.0 Å². The van der Waals surface area contributed by atoms with Crippen molar-refractivity contribution >= 4 is 22.8 Å². The van der Waals surface area contributed by atoms with Gasteiger partial charge in [-0.2, -0.15) is 0 Å². The topological polar surface area (TPSA) is 30.7 Å². The molecule has 19 heavy (non-hydrogen) atoms. The highest BCUT2D eigenvalue weighted by atomic mass is 32.2. The zero-order valence-electron chi connectivity index (χ0n) is 10.6. The van der Waals surface area contributed by atoms with E-state index in [1.54, 1.807) is 10.7 Å². The summed E-state index contributed by atoms with van der Waals surface area (Å²) in [7, 11) is 0. The Kier molecular flexibility index (Phi) is 2.98. The lowest BCUT2D eigenvalue weighted by Gasteiger charge is -2.08. The molecule has 0 N–H and O–H groups in total. The minimum atomic E-state index is -0.286. The van der Waals surface area contributed by atoms with Gasteiger partial charge >= 0.3 is 0 Å². The number of fused-ring (bicyclic) bond motifs is 1. The van der Waals surface area contributed by atoms with Crippen molar-refractivity contribution in [2.75, 3.05) is 6.26 Å². The molecule has 1 aromatic heterocycles. The lowest BCUT2D eigenvalue weighted by molar-refractivity contribution is 0.605. The van der Waals surface area contributed by atoms with E-state index in [2.05, 4.69) is 10.3 Å². The van der Waals surface area contributed by atoms with Crippen molar-refractivity contribution in [2.24, 2.45) is 0 Å². The lowest BCUT2D eigenvalue weighted by Crippen LogP contribution is -2.01. The van der Waals surface area contributed by atoms with Crippen LogP contribution < -0.4 is 0 Å². The first kappa shape index (κ1) is 12.2. The van der Waals surface area contributed by atoms with Gasteiger partial charge in [-0.3, -0.25) is 0 Å². The van der Waals surface area contributed by atoms with Crippen LogP contribution in [-0.4, -0.2) is 21.2 Å². The number of benzene rings is 2. The third-order valence-corrected chi connectivity index (χ3v) is 3.92. The Hall–Kier alpha value is -1.88. The van der Waals surface area contributed by atoms with Gasteiger partial charge in [0.25, 0.3) is 0 Å². The number of halogens is 1. The summed E-state index contributed by atoms with van der Waals surface area (Å²) in [5.41, 5.74) is 3.03. The smallest absolute Gasteiger partial charge is 0.150 e. The van der Waals surface area contributed by atoms with Crippen LogP contribution in [-0.2, 0) is 0 Å². The Labute approximate surface area is 114 Å². The first-order valence-corrected chi connectivity index (χ1v) is 7.08. The fourth-order valence-corrected chi connectivity index (χ4v) is 2.68. The summed E-state index contributed by atoms with van der Waals surface area (Å²) in [5.74, 6) is -0.286. The highest BCUT2D eigenvalue weighted by Gasteiger charge is 2.12. The number of rotatable bonds is 2. The normalized spacial score (nSPS) is 11.1. The molecule has 2 aromatic carbocycles. The fraction of sp³-hybridized carbons (Fsp3) is 0.143. The lowest BCUT2D eigenvalue weighted by atomic mass is 10.2. The zero-order valence-corrected chi connectivity index (χ0v) is 11.4. The predicted octanol–water partition coefficient (Wildman–Crippen LogP) is 3.59. The van der Waals surface area contributed by atoms with E-state index in [0.717, 1.165) is 21.5 Å². The molecule has 0 fully saturated rings. The van der Waals surface area contributed by atoms with Gasteiger partial charge in [-0.05, 0) is 43.0 Å². The van der Waals surface area contributed by atoms with Crippen LogP contribution in [0.3, 0.4) is 0 Å². The largest absolute Gasteiger partial charge is 0.210 e. The van der Waals surface area contributed by atoms with Crippen molar-refractivity contribution < 1.29 is 4.39 Å². The van der Waals surface area contributed by atoms with Crippen molar-refractivity contribution in [3.63, 3.8) is 0 Å². The molecule has 0 amide bonds. The number of hydrogen-bond acceptors (Lipinski definition) is 3. The monoisotopic (exact) mass is 273 g/mol. The second-order valence-corrected chi connectivity index (χ2v) is 5.11. The first-order valence-electron chi connectivity index (χ1n) is 5.85. The van der Waals surface area contributed by atoms with Crippen molar-refractivity contribution in [3.05, 3.63) is 47.8 Å². The molecule has 96 valence electrons. The molecule has 0 aliphatic carbocycles. The number of para-hydroxylation sites is 1. The highest BCUT2D eigenvalue weighted by Crippen LogP contribution is 2.26. The van der Waals surface area contributed by atoms with E-state index >= 15 is 0 Å². The average Bonchev–Trinajstić information content (AvgIpc) is 2.84. The third kappa shape index (κ3) is 2.00. The summed E-state index contributed by atoms with van der Waals surface area (Å²) in [6.45, 7) is 1.97. The molecule has 0 radical (unpaired) electrons. The van der Waals surface area contributed by atoms with Crippen LogP contribution in [0, 0.1) is 12.7 Å². The Morgan fingerprint density at radius 1 is 1.21 bits per heavy atom. The molecule has 1 heterocycles. The summed E-state index contributed by atoms with van der Waals surface area (Å²) in [6, 6.07) is 10.9. The molecular formula is C14H12FN3S. The Morgan fingerprint density at radius 2 is 2.00 bits per heavy atom. The van der Waals surface area contributed by atoms with Crippen molar-refractivity contribution in [1.29, 1.82) is 0 Å². The van der Waals surface area contributed by atoms with Gasteiger partial charge in [-0.1, -0.05) is 17.3 Å². The van der Waals surface area contributed by atoms with Gasteiger partial charge in [0.15, 0.2) is 0 Å². The molecule has 3 aromatic rings. The number of aromatic nitrogens is 3. The van der Waals surface area contributed by atoms with Crippen molar-refractivity contribution in [1.82, 2.24) is 15.0 Å². The van der Waals surface area contributed by atoms with Gasteiger partial charge < -0.3 is 0 Å². The second-order valence-electron chi connectivity index (χ2n) is 4.26. The van der Waals surface area contributed by atoms with Gasteiger partial charge in [0.2, 0.25) is 0 Å². The Bertz CT molecular complexity index is 752. The van der Waals surface area contributed by atoms with E-state index in [1.165, 1.54) is 11.8 Å². The van der Waals surface area contributed by atoms with E-state index < -0.39 is 0 Å². The predicted molar refractivity (Wildman–Crippen MR) is 75.3 cm³/mol. The van der Waals surface area contributed by atoms with Gasteiger partial charge in [0.05, 0.1) is 5.52 Å². The van der Waals surface area contributed by atoms with E-state index in [4.69, 9.17) is 0 Å². The van der Waals surface area contributed by atoms with Gasteiger partial charge in [-0.25, -0.2) is 9.07 Å². The number of thioether (sulfide) groups is 1. The highest BCUT2D eigenvalue weighted by molar-refractivity contribution is 7.98. The standard InChI is InChI=1S/C14H12FN3S/c1-9-7-13(10(15)8-14(9)19-2)18-12-6-4-3-5-11(12)16-17-18/h3-8H,1-2H3. The first-order chi connectivity index (χ1) is 9.20. The maximum atomic E-state index is 14.2. The molecule has 0 saturated carbocycles. The van der Waals surface area contributed by atoms with Crippen LogP contribution in [0.5, 0.6) is 0 Å². The van der Waals surface area contributed by atoms with Crippen molar-refractivity contribution in [3.8, 4) is 5.69 Å². The molecule has 3 rings (SSSR count). The molecule has 3 nitrogen and oxygen atoms in total. The molecule has 5 heteroatoms. The minimum absolute atomic E-state index is 0.286. The Morgan fingerprint density at radius 3 is 2.79 bits per heavy atom. The van der Waals surface area contributed by atoms with E-state index in [1.807, 2.05) is 43.5 Å². The molecule has 0 aliphatic heterocycles. The van der Waals surface area contributed by atoms with Crippen LogP contribution in [0.1, 0.15) is 5.56 Å². The summed E-state index contributed by atoms with van der Waals surface area (Å²) in [4.78, 5) is 0.936. The van der Waals surface area contributed by atoms with Crippen LogP contribution in [0.15, 0.2) is 41.3 Å². The third-order valence-electron chi connectivity index (χ3n) is 3.04. The number of hydrogen-bond donors (Lipinski definition) is 0. The molecule has 0 atom stereocenters. The Balaban J connectivity index is 2.24. The molecule has 0 spiro atoms. The van der Waals surface area contributed by atoms with E-state index in [-0.39, 0.29) is 5.82 Å². The van der Waals surface area contributed by atoms with Gasteiger partial charge in [-0.15, -0.1) is 16.9 Å². The van der Waals surface area contributed by atoms with E-state index in [9.17, 15) is 4.39 Å². The van der Waals surface area contributed by atoms with Gasteiger partial charge in [0, 0.05) is 4.90 Å². The summed E-state index contributed by atoms with van der Waals surface area (Å²) < 4.78 is 15.7.